The third kappa shape index (κ3) is 2.60. The first-order valence-electron chi connectivity index (χ1n) is 8.82. The van der Waals surface area contributed by atoms with Gasteiger partial charge in [0, 0.05) is 5.41 Å². The Kier molecular flexibility index (Phi) is 4.96. The average molecular weight is 368 g/mol. The van der Waals surface area contributed by atoms with Gasteiger partial charge in [0.05, 0.1) is 21.3 Å². The molecule has 1 fully saturated rings. The lowest BCUT2D eigenvalue weighted by Crippen LogP contribution is -2.66. The minimum Gasteiger partial charge on any atom is -0.497 e. The Hall–Kier alpha value is -2.82. The molecule has 5 nitrogen and oxygen atoms in total. The van der Waals surface area contributed by atoms with Crippen LogP contribution < -0.4 is 4.74 Å². The van der Waals surface area contributed by atoms with Crippen LogP contribution in [-0.4, -0.2) is 33.3 Å². The second-order valence-corrected chi connectivity index (χ2v) is 6.99. The van der Waals surface area contributed by atoms with Crippen LogP contribution in [0.2, 0.25) is 0 Å². The molecule has 0 aromatic heterocycles. The predicted molar refractivity (Wildman–Crippen MR) is 101 cm³/mol. The average Bonchev–Trinajstić information content (AvgIpc) is 2.72. The molecular formula is C22H24O5. The highest BCUT2D eigenvalue weighted by Gasteiger charge is 2.73. The molecule has 2 atom stereocenters. The maximum atomic E-state index is 12.9. The molecule has 1 aliphatic rings. The first kappa shape index (κ1) is 19.0. The van der Waals surface area contributed by atoms with E-state index in [2.05, 4.69) is 0 Å². The molecule has 5 heteroatoms. The number of ether oxygens (including phenoxy) is 3. The van der Waals surface area contributed by atoms with Crippen molar-refractivity contribution in [2.45, 2.75) is 24.7 Å². The van der Waals surface area contributed by atoms with Crippen LogP contribution in [0.1, 0.15) is 30.4 Å². The summed E-state index contributed by atoms with van der Waals surface area (Å²) in [6.45, 7) is 1.93. The third-order valence-corrected chi connectivity index (χ3v) is 6.05. The van der Waals surface area contributed by atoms with Crippen molar-refractivity contribution >= 4 is 11.9 Å². The topological polar surface area (TPSA) is 61.8 Å². The van der Waals surface area contributed by atoms with Crippen molar-refractivity contribution in [2.24, 2.45) is 5.41 Å². The van der Waals surface area contributed by atoms with E-state index in [1.807, 2.05) is 61.5 Å². The van der Waals surface area contributed by atoms with E-state index >= 15 is 0 Å². The molecule has 1 aliphatic carbocycles. The molecule has 0 heterocycles. The molecule has 0 N–H and O–H groups in total. The maximum absolute atomic E-state index is 12.9. The van der Waals surface area contributed by atoms with Gasteiger partial charge in [-0.1, -0.05) is 49.4 Å². The van der Waals surface area contributed by atoms with Crippen LogP contribution in [0.25, 0.3) is 0 Å². The largest absolute Gasteiger partial charge is 0.497 e. The molecule has 2 aromatic rings. The molecule has 0 unspecified atom stereocenters. The van der Waals surface area contributed by atoms with Crippen LogP contribution in [0.15, 0.2) is 54.6 Å². The number of carbonyl (C=O) groups excluding carboxylic acids is 2. The van der Waals surface area contributed by atoms with Crippen LogP contribution in [-0.2, 0) is 24.5 Å². The van der Waals surface area contributed by atoms with E-state index in [9.17, 15) is 9.59 Å². The monoisotopic (exact) mass is 368 g/mol. The van der Waals surface area contributed by atoms with Gasteiger partial charge in [-0.25, -0.2) is 0 Å². The highest BCUT2D eigenvalue weighted by Crippen LogP contribution is 2.66. The number of carbonyl (C=O) groups is 2. The minimum absolute atomic E-state index is 0.0368. The number of hydrogen-bond donors (Lipinski definition) is 0. The standard InChI is InChI=1S/C22H24O5/c1-21(16-10-12-17(25-2)13-11-16)18(15-8-6-5-7-9-15)14-22(21,19(23)26-3)20(24)27-4/h5-13,18H,14H2,1-4H3/t18-,21-/m1/s1. The molecule has 0 radical (unpaired) electrons. The first-order valence-corrected chi connectivity index (χ1v) is 8.82. The van der Waals surface area contributed by atoms with E-state index in [1.165, 1.54) is 14.2 Å². The molecule has 142 valence electrons. The van der Waals surface area contributed by atoms with E-state index in [-0.39, 0.29) is 5.92 Å². The molecule has 0 spiro atoms. The van der Waals surface area contributed by atoms with Gasteiger partial charge in [0.2, 0.25) is 0 Å². The van der Waals surface area contributed by atoms with Gasteiger partial charge in [-0.3, -0.25) is 9.59 Å². The Morgan fingerprint density at radius 3 is 1.93 bits per heavy atom. The van der Waals surface area contributed by atoms with Gasteiger partial charge < -0.3 is 14.2 Å². The first-order chi connectivity index (χ1) is 13.0. The summed E-state index contributed by atoms with van der Waals surface area (Å²) >= 11 is 0. The lowest BCUT2D eigenvalue weighted by molar-refractivity contribution is -0.189. The molecule has 0 saturated heterocycles. The smallest absolute Gasteiger partial charge is 0.324 e. The Balaban J connectivity index is 2.19. The molecule has 0 bridgehead atoms. The van der Waals surface area contributed by atoms with Crippen molar-refractivity contribution in [1.29, 1.82) is 0 Å². The molecule has 27 heavy (non-hydrogen) atoms. The fourth-order valence-electron chi connectivity index (χ4n) is 4.43. The predicted octanol–water partition coefficient (Wildman–Crippen LogP) is 3.47. The number of benzene rings is 2. The fourth-order valence-corrected chi connectivity index (χ4v) is 4.43. The van der Waals surface area contributed by atoms with E-state index in [1.54, 1.807) is 7.11 Å². The summed E-state index contributed by atoms with van der Waals surface area (Å²) in [4.78, 5) is 25.7. The number of hydrogen-bond acceptors (Lipinski definition) is 5. The van der Waals surface area contributed by atoms with Crippen molar-refractivity contribution in [3.8, 4) is 5.75 Å². The summed E-state index contributed by atoms with van der Waals surface area (Å²) in [5.74, 6) is -0.468. The zero-order valence-corrected chi connectivity index (χ0v) is 16.0. The Bertz CT molecular complexity index is 812. The normalized spacial score (nSPS) is 23.0. The van der Waals surface area contributed by atoms with Gasteiger partial charge in [0.25, 0.3) is 0 Å². The lowest BCUT2D eigenvalue weighted by Gasteiger charge is -2.59. The van der Waals surface area contributed by atoms with Crippen LogP contribution in [0.3, 0.4) is 0 Å². The van der Waals surface area contributed by atoms with Crippen molar-refractivity contribution in [1.82, 2.24) is 0 Å². The third-order valence-electron chi connectivity index (χ3n) is 6.05. The van der Waals surface area contributed by atoms with Gasteiger partial charge in [-0.15, -0.1) is 0 Å². The Morgan fingerprint density at radius 2 is 1.44 bits per heavy atom. The van der Waals surface area contributed by atoms with Gasteiger partial charge in [-0.05, 0) is 35.6 Å². The van der Waals surface area contributed by atoms with Gasteiger partial charge >= 0.3 is 11.9 Å². The van der Waals surface area contributed by atoms with Gasteiger partial charge in [-0.2, -0.15) is 0 Å². The number of rotatable bonds is 5. The summed E-state index contributed by atoms with van der Waals surface area (Å²) in [6, 6.07) is 17.4. The van der Waals surface area contributed by atoms with Crippen LogP contribution >= 0.6 is 0 Å². The summed E-state index contributed by atoms with van der Waals surface area (Å²) in [5, 5.41) is 0. The zero-order chi connectivity index (χ0) is 19.7. The molecule has 0 aliphatic heterocycles. The molecular weight excluding hydrogens is 344 g/mol. The molecule has 2 aromatic carbocycles. The van der Waals surface area contributed by atoms with Gasteiger partial charge in [0.1, 0.15) is 5.75 Å². The summed E-state index contributed by atoms with van der Waals surface area (Å²) in [5.41, 5.74) is -0.287. The summed E-state index contributed by atoms with van der Waals surface area (Å²) < 4.78 is 15.4. The van der Waals surface area contributed by atoms with Gasteiger partial charge in [0.15, 0.2) is 5.41 Å². The molecule has 1 saturated carbocycles. The Morgan fingerprint density at radius 1 is 0.889 bits per heavy atom. The zero-order valence-electron chi connectivity index (χ0n) is 16.0. The van der Waals surface area contributed by atoms with Crippen molar-refractivity contribution < 1.29 is 23.8 Å². The van der Waals surface area contributed by atoms with E-state index in [0.717, 1.165) is 11.1 Å². The summed E-state index contributed by atoms with van der Waals surface area (Å²) in [6.07, 6.45) is 0.332. The van der Waals surface area contributed by atoms with Crippen LogP contribution in [0.5, 0.6) is 5.75 Å². The van der Waals surface area contributed by atoms with Crippen molar-refractivity contribution in [3.05, 3.63) is 65.7 Å². The van der Waals surface area contributed by atoms with Crippen LogP contribution in [0, 0.1) is 5.41 Å². The van der Waals surface area contributed by atoms with Crippen LogP contribution in [0.4, 0.5) is 0 Å². The summed E-state index contributed by atoms with van der Waals surface area (Å²) in [7, 11) is 4.20. The van der Waals surface area contributed by atoms with E-state index in [4.69, 9.17) is 14.2 Å². The fraction of sp³-hybridized carbons (Fsp3) is 0.364. The highest BCUT2D eigenvalue weighted by molar-refractivity contribution is 6.04. The minimum atomic E-state index is -1.40. The second-order valence-electron chi connectivity index (χ2n) is 6.99. The highest BCUT2D eigenvalue weighted by atomic mass is 16.5. The van der Waals surface area contributed by atoms with Crippen molar-refractivity contribution in [3.63, 3.8) is 0 Å². The molecule has 3 rings (SSSR count). The van der Waals surface area contributed by atoms with Crippen molar-refractivity contribution in [2.75, 3.05) is 21.3 Å². The SMILES string of the molecule is COC(=O)C1(C(=O)OC)C[C@H](c2ccccc2)[C@@]1(C)c1ccc(OC)cc1. The maximum Gasteiger partial charge on any atom is 0.324 e. The van der Waals surface area contributed by atoms with E-state index in [0.29, 0.717) is 12.2 Å². The van der Waals surface area contributed by atoms with E-state index < -0.39 is 22.8 Å². The number of methoxy groups -OCH3 is 3. The Labute approximate surface area is 159 Å². The number of esters is 2. The molecule has 0 amide bonds. The second kappa shape index (κ2) is 7.06. The lowest BCUT2D eigenvalue weighted by atomic mass is 9.41. The quantitative estimate of drug-likeness (QED) is 0.597.